The van der Waals surface area contributed by atoms with Crippen LogP contribution in [0.5, 0.6) is 0 Å². The van der Waals surface area contributed by atoms with Crippen LogP contribution < -0.4 is 10.6 Å². The maximum Gasteiger partial charge on any atom is 0.408 e. The summed E-state index contributed by atoms with van der Waals surface area (Å²) in [5.41, 5.74) is -1.10. The van der Waals surface area contributed by atoms with Gasteiger partial charge < -0.3 is 44.3 Å². The van der Waals surface area contributed by atoms with Gasteiger partial charge in [-0.25, -0.2) is 4.79 Å². The van der Waals surface area contributed by atoms with Gasteiger partial charge in [-0.05, 0) is 105 Å². The van der Waals surface area contributed by atoms with Crippen LogP contribution in [0.4, 0.5) is 4.79 Å². The number of nitrogens with zero attached hydrogens (tertiary/aromatic N) is 3. The van der Waals surface area contributed by atoms with E-state index in [1.807, 2.05) is 96.2 Å². The summed E-state index contributed by atoms with van der Waals surface area (Å²) in [7, 11) is 5.79. The molecule has 4 fully saturated rings. The maximum atomic E-state index is 15.2. The van der Waals surface area contributed by atoms with Crippen molar-refractivity contribution in [3.8, 4) is 0 Å². The normalized spacial score (nSPS) is 37.9. The van der Waals surface area contributed by atoms with E-state index in [1.54, 1.807) is 20.0 Å². The van der Waals surface area contributed by atoms with Crippen LogP contribution in [0.25, 0.3) is 17.0 Å². The summed E-state index contributed by atoms with van der Waals surface area (Å²) in [5, 5.41) is 19.2. The summed E-state index contributed by atoms with van der Waals surface area (Å²) in [6, 6.07) is 8.67. The maximum absolute atomic E-state index is 15.2. The zero-order valence-corrected chi connectivity index (χ0v) is 38.2. The number of aliphatic hydroxyl groups is 1. The van der Waals surface area contributed by atoms with E-state index < -0.39 is 83.4 Å². The first-order valence-corrected chi connectivity index (χ1v) is 22.4. The Morgan fingerprint density at radius 1 is 1.10 bits per heavy atom. The Balaban J connectivity index is 1.42. The van der Waals surface area contributed by atoms with E-state index in [0.717, 1.165) is 35.9 Å². The number of benzene rings is 1. The van der Waals surface area contributed by atoms with E-state index in [2.05, 4.69) is 20.5 Å². The fourth-order valence-electron chi connectivity index (χ4n) is 10.2. The molecule has 1 aromatic heterocycles. The van der Waals surface area contributed by atoms with Gasteiger partial charge in [-0.3, -0.25) is 24.3 Å². The molecule has 0 radical (unpaired) electrons. The average molecular weight is 864 g/mol. The van der Waals surface area contributed by atoms with Crippen LogP contribution in [0.15, 0.2) is 42.6 Å². The summed E-state index contributed by atoms with van der Waals surface area (Å²) >= 11 is 0. The second kappa shape index (κ2) is 19.9. The number of aromatic nitrogens is 1. The van der Waals surface area contributed by atoms with Gasteiger partial charge in [0.25, 0.3) is 0 Å². The minimum atomic E-state index is -1.44. The van der Waals surface area contributed by atoms with Gasteiger partial charge in [0.2, 0.25) is 0 Å². The van der Waals surface area contributed by atoms with Crippen molar-refractivity contribution in [2.75, 3.05) is 40.8 Å². The van der Waals surface area contributed by atoms with Crippen molar-refractivity contribution in [3.05, 3.63) is 48.2 Å². The third-order valence-electron chi connectivity index (χ3n) is 13.8. The van der Waals surface area contributed by atoms with Crippen LogP contribution in [0.3, 0.4) is 0 Å². The minimum absolute atomic E-state index is 0.0225. The molecule has 0 saturated carbocycles. The molecule has 3 N–H and O–H groups in total. The third kappa shape index (κ3) is 10.2. The lowest BCUT2D eigenvalue weighted by molar-refractivity contribution is -0.296. The number of pyridine rings is 1. The van der Waals surface area contributed by atoms with Crippen LogP contribution in [-0.2, 0) is 38.1 Å². The van der Waals surface area contributed by atoms with Crippen molar-refractivity contribution < 1.29 is 48.0 Å². The molecule has 4 aliphatic heterocycles. The van der Waals surface area contributed by atoms with Crippen molar-refractivity contribution >= 4 is 40.6 Å². The highest BCUT2D eigenvalue weighted by atomic mass is 16.7. The number of aliphatic hydroxyl groups excluding tert-OH is 1. The highest BCUT2D eigenvalue weighted by Gasteiger charge is 2.58. The summed E-state index contributed by atoms with van der Waals surface area (Å²) < 4.78 is 32.1. The summed E-state index contributed by atoms with van der Waals surface area (Å²) in [6.45, 7) is 13.4. The standard InChI is InChI=1S/C47H69N5O10/c1-11-36-47(7)41(50-45(57)62-47)33(26-49-37-19-14-20-52(37)10)38(53)27(2)24-46(6,58-21-15-16-31-23-32-17-12-13-18-34(32)48-25-31)42(29(4)39(54)30(5)43(56)60-36)61-44-40(55)35(51(8)9)22-28(3)59-44/h12-13,15-18,23,25,27-30,33,35-37,40-42,44,49,55H,11,14,19-22,24,26H2,1-10H3,(H,50,57)/b16-15+/t27-,28-,29+,30-,33+,35+,36-,37?,40-,41-,42-,44+,46+,47-/m1/s1. The highest BCUT2D eigenvalue weighted by Crippen LogP contribution is 2.41. The number of para-hydroxylation sites is 1. The summed E-state index contributed by atoms with van der Waals surface area (Å²) in [5.74, 6) is -5.26. The number of esters is 1. The molecular weight excluding hydrogens is 795 g/mol. The number of rotatable bonds is 11. The second-order valence-corrected chi connectivity index (χ2v) is 18.7. The number of ether oxygens (including phenoxy) is 5. The molecule has 1 unspecified atom stereocenters. The SMILES string of the molecule is CC[C@H]1OC(=O)[C@H](C)C(=O)[C@H](C)[C@@H](O[C@@H]2O[C@H](C)C[C@H](N(C)C)[C@H]2O)[C@@](C)(OC/C=C/c2cnc3ccccc3c2)C[C@@H](C)C(=O)[C@H](CNC2CCCN2C)[C@H]2NC(=O)O[C@@]21C. The number of amides is 1. The highest BCUT2D eigenvalue weighted by molar-refractivity contribution is 6.00. The van der Waals surface area contributed by atoms with Gasteiger partial charge in [0, 0.05) is 36.0 Å². The van der Waals surface area contributed by atoms with Gasteiger partial charge in [-0.15, -0.1) is 0 Å². The molecule has 4 saturated heterocycles. The number of carbonyl (C=O) groups is 4. The zero-order valence-electron chi connectivity index (χ0n) is 38.2. The van der Waals surface area contributed by atoms with Crippen molar-refractivity contribution in [1.29, 1.82) is 0 Å². The molecule has 1 amide bonds. The van der Waals surface area contributed by atoms with Crippen LogP contribution in [0.1, 0.15) is 86.1 Å². The number of alkyl carbamates (subject to hydrolysis) is 1. The Kier molecular flexibility index (Phi) is 15.3. The Labute approximate surface area is 366 Å². The zero-order chi connectivity index (χ0) is 45.1. The predicted molar refractivity (Wildman–Crippen MR) is 234 cm³/mol. The second-order valence-electron chi connectivity index (χ2n) is 18.7. The number of fused-ring (bicyclic) bond motifs is 2. The molecule has 0 aliphatic carbocycles. The molecule has 5 heterocycles. The minimum Gasteiger partial charge on any atom is -0.458 e. The van der Waals surface area contributed by atoms with E-state index >= 15 is 4.79 Å². The largest absolute Gasteiger partial charge is 0.458 e. The van der Waals surface area contributed by atoms with Crippen LogP contribution >= 0.6 is 0 Å². The first-order valence-electron chi connectivity index (χ1n) is 22.4. The average Bonchev–Trinajstić information content (AvgIpc) is 3.80. The summed E-state index contributed by atoms with van der Waals surface area (Å²) in [6.07, 6.45) is 2.94. The smallest absolute Gasteiger partial charge is 0.408 e. The van der Waals surface area contributed by atoms with Crippen molar-refractivity contribution in [1.82, 2.24) is 25.4 Å². The van der Waals surface area contributed by atoms with Crippen molar-refractivity contribution in [2.45, 2.75) is 141 Å². The number of hydrogen-bond donors (Lipinski definition) is 3. The van der Waals surface area contributed by atoms with Crippen LogP contribution in [-0.4, -0.2) is 145 Å². The molecule has 6 rings (SSSR count). The fraction of sp³-hybridized carbons (Fsp3) is 0.681. The third-order valence-corrected chi connectivity index (χ3v) is 13.8. The molecule has 2 aromatic rings. The first kappa shape index (κ1) is 47.6. The quantitative estimate of drug-likeness (QED) is 0.209. The Bertz CT molecular complexity index is 1950. The van der Waals surface area contributed by atoms with Crippen LogP contribution in [0, 0.1) is 23.7 Å². The molecule has 0 spiro atoms. The van der Waals surface area contributed by atoms with E-state index in [0.29, 0.717) is 6.42 Å². The van der Waals surface area contributed by atoms with Crippen LogP contribution in [0.2, 0.25) is 0 Å². The predicted octanol–water partition coefficient (Wildman–Crippen LogP) is 4.73. The number of cyclic esters (lactones) is 1. The van der Waals surface area contributed by atoms with E-state index in [1.165, 1.54) is 6.92 Å². The van der Waals surface area contributed by atoms with Gasteiger partial charge in [-0.2, -0.15) is 0 Å². The molecule has 15 nitrogen and oxygen atoms in total. The first-order chi connectivity index (χ1) is 29.4. The lowest BCUT2D eigenvalue weighted by Gasteiger charge is -2.47. The van der Waals surface area contributed by atoms with Gasteiger partial charge in [0.1, 0.15) is 23.9 Å². The molecule has 0 bridgehead atoms. The van der Waals surface area contributed by atoms with Gasteiger partial charge in [0.05, 0.1) is 48.1 Å². The molecule has 4 aliphatic rings. The van der Waals surface area contributed by atoms with Crippen molar-refractivity contribution in [2.24, 2.45) is 23.7 Å². The van der Waals surface area contributed by atoms with E-state index in [-0.39, 0.29) is 50.1 Å². The lowest BCUT2D eigenvalue weighted by atomic mass is 9.73. The molecule has 15 heteroatoms. The Hall–Kier alpha value is -3.83. The Morgan fingerprint density at radius 3 is 2.53 bits per heavy atom. The number of hydrogen-bond acceptors (Lipinski definition) is 14. The molecule has 62 heavy (non-hydrogen) atoms. The van der Waals surface area contributed by atoms with Crippen molar-refractivity contribution in [3.63, 3.8) is 0 Å². The van der Waals surface area contributed by atoms with E-state index in [4.69, 9.17) is 23.7 Å². The van der Waals surface area contributed by atoms with Gasteiger partial charge in [0.15, 0.2) is 17.7 Å². The number of nitrogens with one attached hydrogen (secondary N) is 2. The molecule has 14 atom stereocenters. The number of ketones is 2. The number of likely N-dealkylation sites (tertiary alicyclic amines) is 1. The number of likely N-dealkylation sites (N-methyl/N-ethyl adjacent to an activating group) is 1. The fourth-order valence-corrected chi connectivity index (χ4v) is 10.2. The number of carbonyl (C=O) groups excluding carboxylic acids is 4. The molecule has 342 valence electrons. The Morgan fingerprint density at radius 2 is 1.84 bits per heavy atom. The van der Waals surface area contributed by atoms with E-state index in [9.17, 15) is 19.5 Å². The monoisotopic (exact) mass is 864 g/mol. The topological polar surface area (TPSA) is 178 Å². The van der Waals surface area contributed by atoms with Gasteiger partial charge in [-0.1, -0.05) is 51.1 Å². The summed E-state index contributed by atoms with van der Waals surface area (Å²) in [4.78, 5) is 65.9. The lowest BCUT2D eigenvalue weighted by Crippen LogP contribution is -2.61. The van der Waals surface area contributed by atoms with Gasteiger partial charge >= 0.3 is 12.1 Å². The molecular formula is C47H69N5O10. The molecule has 1 aromatic carbocycles. The number of Topliss-reactive ketones (excluding diaryl/α,β-unsaturated/α-hetero) is 2.